The summed E-state index contributed by atoms with van der Waals surface area (Å²) in [7, 11) is 0. The lowest BCUT2D eigenvalue weighted by Crippen LogP contribution is -2.15. The third-order valence-electron chi connectivity index (χ3n) is 4.79. The first-order valence-corrected chi connectivity index (χ1v) is 8.61. The summed E-state index contributed by atoms with van der Waals surface area (Å²) in [6.07, 6.45) is 2.32. The molecule has 0 saturated carbocycles. The summed E-state index contributed by atoms with van der Waals surface area (Å²) >= 11 is 0. The molecule has 122 valence electrons. The summed E-state index contributed by atoms with van der Waals surface area (Å²) in [6.45, 7) is 2.84. The molecule has 2 N–H and O–H groups in total. The molecule has 24 heavy (non-hydrogen) atoms. The van der Waals surface area contributed by atoms with Crippen LogP contribution >= 0.6 is 0 Å². The summed E-state index contributed by atoms with van der Waals surface area (Å²) in [5.74, 6) is 0. The average molecular weight is 318 g/mol. The second-order valence-electron chi connectivity index (χ2n) is 6.61. The summed E-state index contributed by atoms with van der Waals surface area (Å²) in [6, 6.07) is 16.7. The average Bonchev–Trinajstić information content (AvgIpc) is 2.60. The van der Waals surface area contributed by atoms with Crippen molar-refractivity contribution in [3.05, 3.63) is 70.9 Å². The lowest BCUT2D eigenvalue weighted by atomic mass is 9.90. The monoisotopic (exact) mass is 318 g/mol. The van der Waals surface area contributed by atoms with E-state index in [2.05, 4.69) is 54.7 Å². The Morgan fingerprint density at radius 1 is 1.17 bits per heavy atom. The molecular weight excluding hydrogens is 296 g/mol. The second kappa shape index (κ2) is 6.25. The quantitative estimate of drug-likeness (QED) is 0.746. The summed E-state index contributed by atoms with van der Waals surface area (Å²) in [4.78, 5) is 4.82. The fourth-order valence-corrected chi connectivity index (χ4v) is 3.58. The Bertz CT molecular complexity index is 874. The van der Waals surface area contributed by atoms with Crippen molar-refractivity contribution >= 4 is 16.6 Å². The molecule has 3 nitrogen and oxygen atoms in total. The van der Waals surface area contributed by atoms with E-state index in [0.29, 0.717) is 0 Å². The third-order valence-corrected chi connectivity index (χ3v) is 4.79. The lowest BCUT2D eigenvalue weighted by molar-refractivity contribution is 0.156. The number of fused-ring (bicyclic) bond motifs is 2. The predicted octanol–water partition coefficient (Wildman–Crippen LogP) is 4.53. The standard InChI is InChI=1S/C21H22N2O/c1-14-10-11-17-16(12-14)21(22-13-15-6-3-2-4-7-15)20-18(23-17)8-5-9-19(20)24/h2-4,6-7,10-12,19,24H,5,8-9,13H2,1H3,(H,22,23). The van der Waals surface area contributed by atoms with E-state index in [1.807, 2.05) is 6.07 Å². The molecule has 3 aromatic rings. The number of aryl methyl sites for hydroxylation is 2. The van der Waals surface area contributed by atoms with Crippen LogP contribution in [0.4, 0.5) is 5.69 Å². The van der Waals surface area contributed by atoms with Crippen molar-refractivity contribution in [1.82, 2.24) is 4.98 Å². The fraction of sp³-hybridized carbons (Fsp3) is 0.286. The first-order chi connectivity index (χ1) is 11.7. The highest BCUT2D eigenvalue weighted by atomic mass is 16.3. The Kier molecular flexibility index (Phi) is 3.95. The highest BCUT2D eigenvalue weighted by Crippen LogP contribution is 2.39. The van der Waals surface area contributed by atoms with Crippen LogP contribution in [0.5, 0.6) is 0 Å². The number of benzene rings is 2. The number of aromatic nitrogens is 1. The Morgan fingerprint density at radius 3 is 2.83 bits per heavy atom. The van der Waals surface area contributed by atoms with Gasteiger partial charge in [-0.15, -0.1) is 0 Å². The van der Waals surface area contributed by atoms with Gasteiger partial charge < -0.3 is 10.4 Å². The lowest BCUT2D eigenvalue weighted by Gasteiger charge is -2.26. The number of anilines is 1. The maximum Gasteiger partial charge on any atom is 0.0828 e. The number of pyridine rings is 1. The summed E-state index contributed by atoms with van der Waals surface area (Å²) < 4.78 is 0. The van der Waals surface area contributed by atoms with E-state index in [0.717, 1.165) is 53.7 Å². The van der Waals surface area contributed by atoms with Gasteiger partial charge >= 0.3 is 0 Å². The highest BCUT2D eigenvalue weighted by molar-refractivity contribution is 5.94. The van der Waals surface area contributed by atoms with Crippen LogP contribution in [0.25, 0.3) is 10.9 Å². The van der Waals surface area contributed by atoms with Crippen LogP contribution < -0.4 is 5.32 Å². The van der Waals surface area contributed by atoms with Gasteiger partial charge in [0, 0.05) is 23.2 Å². The smallest absolute Gasteiger partial charge is 0.0828 e. The maximum atomic E-state index is 10.6. The minimum Gasteiger partial charge on any atom is -0.388 e. The van der Waals surface area contributed by atoms with Gasteiger partial charge in [-0.2, -0.15) is 0 Å². The van der Waals surface area contributed by atoms with Crippen LogP contribution in [0.3, 0.4) is 0 Å². The normalized spacial score (nSPS) is 16.8. The Balaban J connectivity index is 1.83. The molecule has 4 rings (SSSR count). The minimum absolute atomic E-state index is 0.426. The van der Waals surface area contributed by atoms with Crippen LogP contribution in [0.2, 0.25) is 0 Å². The molecule has 1 aliphatic carbocycles. The van der Waals surface area contributed by atoms with Gasteiger partial charge in [0.05, 0.1) is 17.3 Å². The number of nitrogens with one attached hydrogen (secondary N) is 1. The van der Waals surface area contributed by atoms with Crippen molar-refractivity contribution < 1.29 is 5.11 Å². The number of aliphatic hydroxyl groups excluding tert-OH is 1. The molecule has 0 saturated heterocycles. The minimum atomic E-state index is -0.426. The first-order valence-electron chi connectivity index (χ1n) is 8.61. The second-order valence-corrected chi connectivity index (χ2v) is 6.61. The molecule has 0 amide bonds. The van der Waals surface area contributed by atoms with Crippen LogP contribution in [0.1, 0.15) is 41.3 Å². The van der Waals surface area contributed by atoms with Gasteiger partial charge in [0.15, 0.2) is 0 Å². The van der Waals surface area contributed by atoms with Gasteiger partial charge in [0.1, 0.15) is 0 Å². The molecule has 0 aliphatic heterocycles. The van der Waals surface area contributed by atoms with Crippen molar-refractivity contribution in [3.8, 4) is 0 Å². The van der Waals surface area contributed by atoms with Crippen molar-refractivity contribution in [3.63, 3.8) is 0 Å². The predicted molar refractivity (Wildman–Crippen MR) is 98.1 cm³/mol. The van der Waals surface area contributed by atoms with Gasteiger partial charge in [-0.3, -0.25) is 4.98 Å². The van der Waals surface area contributed by atoms with E-state index in [-0.39, 0.29) is 0 Å². The van der Waals surface area contributed by atoms with Gasteiger partial charge in [0.25, 0.3) is 0 Å². The van der Waals surface area contributed by atoms with Gasteiger partial charge in [-0.25, -0.2) is 0 Å². The zero-order valence-electron chi connectivity index (χ0n) is 13.9. The molecule has 0 bridgehead atoms. The molecule has 2 aromatic carbocycles. The van der Waals surface area contributed by atoms with Crippen molar-refractivity contribution in [1.29, 1.82) is 0 Å². The van der Waals surface area contributed by atoms with Crippen LogP contribution in [-0.2, 0) is 13.0 Å². The van der Waals surface area contributed by atoms with E-state index in [1.54, 1.807) is 0 Å². The zero-order valence-corrected chi connectivity index (χ0v) is 13.9. The number of hydrogen-bond donors (Lipinski definition) is 2. The first kappa shape index (κ1) is 15.2. The highest BCUT2D eigenvalue weighted by Gasteiger charge is 2.24. The number of aliphatic hydroxyl groups is 1. The van der Waals surface area contributed by atoms with E-state index in [1.165, 1.54) is 11.1 Å². The van der Waals surface area contributed by atoms with Gasteiger partial charge in [-0.1, -0.05) is 42.0 Å². The SMILES string of the molecule is Cc1ccc2nc3c(c(NCc4ccccc4)c2c1)C(O)CCC3. The molecule has 3 heteroatoms. The molecule has 1 aromatic heterocycles. The van der Waals surface area contributed by atoms with E-state index in [4.69, 9.17) is 4.98 Å². The number of hydrogen-bond acceptors (Lipinski definition) is 3. The molecule has 1 heterocycles. The zero-order chi connectivity index (χ0) is 16.5. The molecule has 1 unspecified atom stereocenters. The fourth-order valence-electron chi connectivity index (χ4n) is 3.58. The maximum absolute atomic E-state index is 10.6. The number of rotatable bonds is 3. The molecular formula is C21H22N2O. The van der Waals surface area contributed by atoms with Crippen LogP contribution in [0.15, 0.2) is 48.5 Å². The molecule has 1 atom stereocenters. The molecule has 0 spiro atoms. The van der Waals surface area contributed by atoms with E-state index >= 15 is 0 Å². The van der Waals surface area contributed by atoms with Crippen molar-refractivity contribution in [2.45, 2.75) is 38.8 Å². The van der Waals surface area contributed by atoms with Crippen LogP contribution in [-0.4, -0.2) is 10.1 Å². The molecule has 1 aliphatic rings. The van der Waals surface area contributed by atoms with E-state index < -0.39 is 6.10 Å². The number of nitrogens with zero attached hydrogens (tertiary/aromatic N) is 1. The molecule has 0 fully saturated rings. The topological polar surface area (TPSA) is 45.2 Å². The Hall–Kier alpha value is -2.39. The van der Waals surface area contributed by atoms with E-state index in [9.17, 15) is 5.11 Å². The third kappa shape index (κ3) is 2.76. The van der Waals surface area contributed by atoms with Crippen molar-refractivity contribution in [2.75, 3.05) is 5.32 Å². The Labute approximate surface area is 142 Å². The van der Waals surface area contributed by atoms with Crippen LogP contribution in [0, 0.1) is 6.92 Å². The van der Waals surface area contributed by atoms with Gasteiger partial charge in [-0.05, 0) is 43.9 Å². The van der Waals surface area contributed by atoms with Crippen molar-refractivity contribution in [2.24, 2.45) is 0 Å². The largest absolute Gasteiger partial charge is 0.388 e. The summed E-state index contributed by atoms with van der Waals surface area (Å²) in [5, 5.41) is 15.3. The Morgan fingerprint density at radius 2 is 2.00 bits per heavy atom. The summed E-state index contributed by atoms with van der Waals surface area (Å²) in [5.41, 5.74) is 6.53. The van der Waals surface area contributed by atoms with Gasteiger partial charge in [0.2, 0.25) is 0 Å². The molecule has 0 radical (unpaired) electrons.